The van der Waals surface area contributed by atoms with Crippen LogP contribution in [0.5, 0.6) is 0 Å². The fourth-order valence-corrected chi connectivity index (χ4v) is 7.52. The molecule has 0 unspecified atom stereocenters. The van der Waals surface area contributed by atoms with E-state index in [1.54, 1.807) is 0 Å². The largest absolute Gasteiger partial charge is 0.353 e. The zero-order valence-electron chi connectivity index (χ0n) is 15.3. The van der Waals surface area contributed by atoms with Gasteiger partial charge in [-0.25, -0.2) is 0 Å². The van der Waals surface area contributed by atoms with Gasteiger partial charge in [0.15, 0.2) is 0 Å². The molecule has 0 aromatic heterocycles. The molecule has 1 amide bonds. The third-order valence-corrected chi connectivity index (χ3v) is 8.90. The van der Waals surface area contributed by atoms with Crippen LogP contribution >= 0.6 is 0 Å². The first-order chi connectivity index (χ1) is 11.5. The molecule has 1 heterocycles. The Bertz CT molecular complexity index is 567. The van der Waals surface area contributed by atoms with Crippen LogP contribution < -0.4 is 5.32 Å². The van der Waals surface area contributed by atoms with E-state index < -0.39 is 0 Å². The summed E-state index contributed by atoms with van der Waals surface area (Å²) in [7, 11) is 0. The van der Waals surface area contributed by atoms with Crippen LogP contribution in [-0.2, 0) is 4.79 Å². The number of hydrogen-bond donors (Lipinski definition) is 1. The number of carbonyl (C=O) groups excluding carboxylic acids is 1. The van der Waals surface area contributed by atoms with Crippen LogP contribution in [-0.4, -0.2) is 11.9 Å². The average Bonchev–Trinajstić information content (AvgIpc) is 2.90. The lowest BCUT2D eigenvalue weighted by Crippen LogP contribution is -2.61. The molecule has 3 aliphatic carbocycles. The Balaban J connectivity index is 1.56. The van der Waals surface area contributed by atoms with Gasteiger partial charge in [0, 0.05) is 18.9 Å². The predicted octanol–water partition coefficient (Wildman–Crippen LogP) is 4.43. The Morgan fingerprint density at radius 2 is 1.88 bits per heavy atom. The van der Waals surface area contributed by atoms with E-state index in [1.165, 1.54) is 38.5 Å². The second kappa shape index (κ2) is 5.75. The van der Waals surface area contributed by atoms with Gasteiger partial charge in [-0.3, -0.25) is 4.79 Å². The Morgan fingerprint density at radius 1 is 1.08 bits per heavy atom. The number of carbonyl (C=O) groups is 1. The summed E-state index contributed by atoms with van der Waals surface area (Å²) in [5.41, 5.74) is 0.794. The number of nitriles is 1. The molecule has 1 saturated heterocycles. The fourth-order valence-electron chi connectivity index (χ4n) is 7.52. The SMILES string of the molecule is C[C@]12CCC(=O)N[C@@H]1CC[C@@H]1[C@@H]2CC[C@]2(C)[C@@H](CCC#N)CC[C@@H]12. The van der Waals surface area contributed by atoms with Crippen LogP contribution in [0.2, 0.25) is 0 Å². The molecular weight excluding hydrogens is 296 g/mol. The molecule has 4 fully saturated rings. The Hall–Kier alpha value is -1.04. The van der Waals surface area contributed by atoms with Gasteiger partial charge in [0.1, 0.15) is 0 Å². The van der Waals surface area contributed by atoms with Gasteiger partial charge in [0.25, 0.3) is 0 Å². The highest BCUT2D eigenvalue weighted by Crippen LogP contribution is 2.66. The molecule has 0 bridgehead atoms. The summed E-state index contributed by atoms with van der Waals surface area (Å²) < 4.78 is 0. The summed E-state index contributed by atoms with van der Waals surface area (Å²) in [4.78, 5) is 11.9. The minimum absolute atomic E-state index is 0.272. The van der Waals surface area contributed by atoms with Gasteiger partial charge in [0.05, 0.1) is 6.07 Å². The minimum Gasteiger partial charge on any atom is -0.353 e. The number of rotatable bonds is 2. The van der Waals surface area contributed by atoms with Gasteiger partial charge in [-0.2, -0.15) is 5.26 Å². The zero-order valence-corrected chi connectivity index (χ0v) is 15.3. The second-order valence-electron chi connectivity index (χ2n) is 9.60. The Morgan fingerprint density at radius 3 is 2.67 bits per heavy atom. The number of fused-ring (bicyclic) bond motifs is 5. The first-order valence-corrected chi connectivity index (χ1v) is 10.2. The molecule has 3 nitrogen and oxygen atoms in total. The summed E-state index contributed by atoms with van der Waals surface area (Å²) in [6.45, 7) is 5.01. The first kappa shape index (κ1) is 16.4. The topological polar surface area (TPSA) is 52.9 Å². The summed E-state index contributed by atoms with van der Waals surface area (Å²) in [5, 5.41) is 12.3. The van der Waals surface area contributed by atoms with Crippen molar-refractivity contribution in [1.29, 1.82) is 5.26 Å². The Labute approximate surface area is 146 Å². The van der Waals surface area contributed by atoms with E-state index in [9.17, 15) is 4.79 Å². The summed E-state index contributed by atoms with van der Waals surface area (Å²) in [5.74, 6) is 3.54. The summed E-state index contributed by atoms with van der Waals surface area (Å²) >= 11 is 0. The highest BCUT2D eigenvalue weighted by molar-refractivity contribution is 5.77. The van der Waals surface area contributed by atoms with Crippen molar-refractivity contribution in [1.82, 2.24) is 5.32 Å². The molecule has 0 aromatic rings. The van der Waals surface area contributed by atoms with Gasteiger partial charge < -0.3 is 5.32 Å². The van der Waals surface area contributed by atoms with Crippen LogP contribution in [0, 0.1) is 45.8 Å². The van der Waals surface area contributed by atoms with Gasteiger partial charge in [-0.1, -0.05) is 13.8 Å². The van der Waals surface area contributed by atoms with E-state index in [1.807, 2.05) is 0 Å². The van der Waals surface area contributed by atoms with Crippen molar-refractivity contribution in [2.45, 2.75) is 84.1 Å². The quantitative estimate of drug-likeness (QED) is 0.815. The van der Waals surface area contributed by atoms with Crippen molar-refractivity contribution in [2.24, 2.45) is 34.5 Å². The predicted molar refractivity (Wildman–Crippen MR) is 93.9 cm³/mol. The van der Waals surface area contributed by atoms with Crippen LogP contribution in [0.15, 0.2) is 0 Å². The standard InChI is InChI=1S/C21H32N2O/c1-20-11-9-17-15(16(20)7-5-14(20)4-3-13-22)6-8-18-21(17,2)12-10-19(24)23-18/h14-18H,3-12H2,1-2H3,(H,23,24)/t14-,15-,16-,17-,18+,20+,21+/m0/s1. The maximum Gasteiger partial charge on any atom is 0.220 e. The van der Waals surface area contributed by atoms with Gasteiger partial charge in [-0.05, 0) is 85.9 Å². The highest BCUT2D eigenvalue weighted by atomic mass is 16.1. The summed E-state index contributed by atoms with van der Waals surface area (Å²) in [6, 6.07) is 2.79. The smallest absolute Gasteiger partial charge is 0.220 e. The van der Waals surface area contributed by atoms with Crippen molar-refractivity contribution >= 4 is 5.91 Å². The van der Waals surface area contributed by atoms with Gasteiger partial charge in [0.2, 0.25) is 5.91 Å². The number of hydrogen-bond acceptors (Lipinski definition) is 2. The molecule has 132 valence electrons. The molecule has 3 saturated carbocycles. The molecule has 0 radical (unpaired) electrons. The molecule has 4 rings (SSSR count). The van der Waals surface area contributed by atoms with Crippen molar-refractivity contribution in [3.05, 3.63) is 0 Å². The molecule has 1 aliphatic heterocycles. The van der Waals surface area contributed by atoms with Gasteiger partial charge >= 0.3 is 0 Å². The van der Waals surface area contributed by atoms with Gasteiger partial charge in [-0.15, -0.1) is 0 Å². The van der Waals surface area contributed by atoms with E-state index in [2.05, 4.69) is 25.2 Å². The first-order valence-electron chi connectivity index (χ1n) is 10.2. The lowest BCUT2D eigenvalue weighted by Gasteiger charge is -2.60. The molecule has 24 heavy (non-hydrogen) atoms. The lowest BCUT2D eigenvalue weighted by atomic mass is 9.47. The maximum atomic E-state index is 11.9. The van der Waals surface area contributed by atoms with E-state index >= 15 is 0 Å². The molecule has 7 atom stereocenters. The zero-order chi connectivity index (χ0) is 16.9. The van der Waals surface area contributed by atoms with Crippen molar-refractivity contribution < 1.29 is 4.79 Å². The molecule has 3 heteroatoms. The number of amides is 1. The van der Waals surface area contributed by atoms with Crippen molar-refractivity contribution in [2.75, 3.05) is 0 Å². The molecule has 1 N–H and O–H groups in total. The van der Waals surface area contributed by atoms with E-state index in [0.29, 0.717) is 16.9 Å². The third kappa shape index (κ3) is 2.25. The van der Waals surface area contributed by atoms with Crippen molar-refractivity contribution in [3.8, 4) is 6.07 Å². The normalized spacial score (nSPS) is 50.2. The Kier molecular flexibility index (Phi) is 3.94. The van der Waals surface area contributed by atoms with Crippen LogP contribution in [0.1, 0.15) is 78.1 Å². The van der Waals surface area contributed by atoms with Crippen LogP contribution in [0.25, 0.3) is 0 Å². The number of piperidine rings is 1. The number of nitrogens with zero attached hydrogens (tertiary/aromatic N) is 1. The highest BCUT2D eigenvalue weighted by Gasteiger charge is 2.59. The van der Waals surface area contributed by atoms with E-state index in [-0.39, 0.29) is 5.91 Å². The minimum atomic E-state index is 0.272. The third-order valence-electron chi connectivity index (χ3n) is 8.90. The molecule has 4 aliphatic rings. The monoisotopic (exact) mass is 328 g/mol. The molecule has 0 aromatic carbocycles. The van der Waals surface area contributed by atoms with E-state index in [4.69, 9.17) is 5.26 Å². The average molecular weight is 329 g/mol. The van der Waals surface area contributed by atoms with Crippen LogP contribution in [0.3, 0.4) is 0 Å². The maximum absolute atomic E-state index is 11.9. The second-order valence-corrected chi connectivity index (χ2v) is 9.60. The fraction of sp³-hybridized carbons (Fsp3) is 0.905. The summed E-state index contributed by atoms with van der Waals surface area (Å²) in [6.07, 6.45) is 11.5. The van der Waals surface area contributed by atoms with Crippen LogP contribution in [0.4, 0.5) is 0 Å². The molecular formula is C21H32N2O. The van der Waals surface area contributed by atoms with Crippen molar-refractivity contribution in [3.63, 3.8) is 0 Å². The molecule has 0 spiro atoms. The van der Waals surface area contributed by atoms with E-state index in [0.717, 1.165) is 49.4 Å². The number of nitrogens with one attached hydrogen (secondary N) is 1. The lowest BCUT2D eigenvalue weighted by molar-refractivity contribution is -0.136.